The molecule has 1 aliphatic heterocycles. The highest BCUT2D eigenvalue weighted by Crippen LogP contribution is 2.22. The van der Waals surface area contributed by atoms with Crippen molar-refractivity contribution in [2.75, 3.05) is 17.8 Å². The van der Waals surface area contributed by atoms with Crippen LogP contribution in [0.3, 0.4) is 0 Å². The molecule has 0 aliphatic carbocycles. The number of rotatable bonds is 5. The maximum atomic E-state index is 12.4. The van der Waals surface area contributed by atoms with E-state index in [-0.39, 0.29) is 15.6 Å². The maximum Gasteiger partial charge on any atom is 0.263 e. The highest BCUT2D eigenvalue weighted by Gasteiger charge is 2.27. The summed E-state index contributed by atoms with van der Waals surface area (Å²) < 4.78 is 54.7. The van der Waals surface area contributed by atoms with Crippen LogP contribution < -0.4 is 4.72 Å². The molecule has 0 unspecified atom stereocenters. The minimum Gasteiger partial charge on any atom is -0.274 e. The average Bonchev–Trinajstić information content (AvgIpc) is 3.19. The second-order valence-corrected chi connectivity index (χ2v) is 9.18. The van der Waals surface area contributed by atoms with Crippen LogP contribution in [0.25, 0.3) is 0 Å². The zero-order valence-electron chi connectivity index (χ0n) is 13.1. The van der Waals surface area contributed by atoms with Crippen LogP contribution in [0.5, 0.6) is 0 Å². The number of hydrogen-bond donors (Lipinski definition) is 1. The van der Waals surface area contributed by atoms with Gasteiger partial charge in [0.1, 0.15) is 0 Å². The maximum absolute atomic E-state index is 12.4. The van der Waals surface area contributed by atoms with Crippen LogP contribution in [0.2, 0.25) is 0 Å². The van der Waals surface area contributed by atoms with Crippen molar-refractivity contribution in [2.45, 2.75) is 22.6 Å². The second-order valence-electron chi connectivity index (χ2n) is 5.56. The van der Waals surface area contributed by atoms with Crippen LogP contribution in [0.1, 0.15) is 12.8 Å². The standard InChI is InChI=1S/C14H18N4O4S2/c1-17-11-8-14(15-17)16-23(19,20)12-4-6-13(7-5-12)24(21,22)18-9-2-3-10-18/h4-8,11H,2-3,9-10H2,1H3,(H,15,16). The van der Waals surface area contributed by atoms with Gasteiger partial charge in [-0.3, -0.25) is 9.40 Å². The average molecular weight is 370 g/mol. The summed E-state index contributed by atoms with van der Waals surface area (Å²) in [6, 6.07) is 6.74. The minimum absolute atomic E-state index is 0.0199. The Morgan fingerprint density at radius 3 is 2.08 bits per heavy atom. The van der Waals surface area contributed by atoms with Gasteiger partial charge in [0, 0.05) is 32.4 Å². The van der Waals surface area contributed by atoms with Crippen LogP contribution in [-0.4, -0.2) is 44.0 Å². The molecule has 2 heterocycles. The van der Waals surface area contributed by atoms with Gasteiger partial charge in [-0.05, 0) is 37.1 Å². The Balaban J connectivity index is 1.83. The summed E-state index contributed by atoms with van der Waals surface area (Å²) in [6.45, 7) is 1.01. The van der Waals surface area contributed by atoms with Gasteiger partial charge in [0.25, 0.3) is 10.0 Å². The van der Waals surface area contributed by atoms with Crippen LogP contribution in [-0.2, 0) is 27.1 Å². The van der Waals surface area contributed by atoms with Crippen molar-refractivity contribution >= 4 is 25.9 Å². The second kappa shape index (κ2) is 6.19. The molecule has 8 nitrogen and oxygen atoms in total. The fourth-order valence-corrected chi connectivity index (χ4v) is 5.05. The van der Waals surface area contributed by atoms with Gasteiger partial charge in [0.05, 0.1) is 9.79 Å². The van der Waals surface area contributed by atoms with Gasteiger partial charge in [-0.2, -0.15) is 9.40 Å². The molecule has 24 heavy (non-hydrogen) atoms. The first-order chi connectivity index (χ1) is 11.3. The first-order valence-electron chi connectivity index (χ1n) is 7.42. The lowest BCUT2D eigenvalue weighted by atomic mass is 10.4. The molecule has 0 bridgehead atoms. The summed E-state index contributed by atoms with van der Waals surface area (Å²) in [4.78, 5) is 0.0784. The Labute approximate surface area is 141 Å². The number of aromatic nitrogens is 2. The molecule has 0 radical (unpaired) electrons. The van der Waals surface area contributed by atoms with E-state index in [0.29, 0.717) is 13.1 Å². The molecule has 0 atom stereocenters. The molecule has 1 saturated heterocycles. The highest BCUT2D eigenvalue weighted by molar-refractivity contribution is 7.92. The van der Waals surface area contributed by atoms with E-state index in [9.17, 15) is 16.8 Å². The number of aryl methyl sites for hydroxylation is 1. The number of anilines is 1. The predicted octanol–water partition coefficient (Wildman–Crippen LogP) is 1.01. The van der Waals surface area contributed by atoms with Crippen LogP contribution in [0, 0.1) is 0 Å². The van der Waals surface area contributed by atoms with E-state index in [1.807, 2.05) is 0 Å². The Morgan fingerprint density at radius 1 is 0.958 bits per heavy atom. The highest BCUT2D eigenvalue weighted by atomic mass is 32.2. The van der Waals surface area contributed by atoms with Gasteiger partial charge in [-0.25, -0.2) is 16.8 Å². The molecule has 2 aromatic rings. The zero-order chi connectivity index (χ0) is 17.4. The lowest BCUT2D eigenvalue weighted by Gasteiger charge is -2.15. The van der Waals surface area contributed by atoms with Gasteiger partial charge in [0.2, 0.25) is 10.0 Å². The largest absolute Gasteiger partial charge is 0.274 e. The molecule has 0 saturated carbocycles. The Bertz CT molecular complexity index is 927. The number of nitrogens with one attached hydrogen (secondary N) is 1. The summed E-state index contributed by atoms with van der Waals surface area (Å²) in [6.07, 6.45) is 3.31. The van der Waals surface area contributed by atoms with Crippen molar-refractivity contribution in [1.82, 2.24) is 14.1 Å². The summed E-state index contributed by atoms with van der Waals surface area (Å²) >= 11 is 0. The molecular weight excluding hydrogens is 352 g/mol. The Kier molecular flexibility index (Phi) is 4.37. The lowest BCUT2D eigenvalue weighted by Crippen LogP contribution is -2.27. The fourth-order valence-electron chi connectivity index (χ4n) is 2.53. The fraction of sp³-hybridized carbons (Fsp3) is 0.357. The third-order valence-electron chi connectivity index (χ3n) is 3.79. The summed E-state index contributed by atoms with van der Waals surface area (Å²) in [5.74, 6) is 0.200. The van der Waals surface area contributed by atoms with E-state index in [0.717, 1.165) is 12.8 Å². The van der Waals surface area contributed by atoms with Crippen molar-refractivity contribution in [3.05, 3.63) is 36.5 Å². The van der Waals surface area contributed by atoms with E-state index in [1.54, 1.807) is 13.2 Å². The zero-order valence-corrected chi connectivity index (χ0v) is 14.7. The smallest absolute Gasteiger partial charge is 0.263 e. The van der Waals surface area contributed by atoms with Crippen molar-refractivity contribution in [3.63, 3.8) is 0 Å². The van der Waals surface area contributed by atoms with Crippen molar-refractivity contribution < 1.29 is 16.8 Å². The van der Waals surface area contributed by atoms with E-state index in [4.69, 9.17) is 0 Å². The normalized spacial score (nSPS) is 16.4. The molecule has 3 rings (SSSR count). The van der Waals surface area contributed by atoms with E-state index < -0.39 is 20.0 Å². The van der Waals surface area contributed by atoms with Crippen molar-refractivity contribution in [1.29, 1.82) is 0 Å². The third kappa shape index (κ3) is 3.30. The number of hydrogen-bond acceptors (Lipinski definition) is 5. The van der Waals surface area contributed by atoms with Crippen LogP contribution in [0.15, 0.2) is 46.3 Å². The topological polar surface area (TPSA) is 101 Å². The molecule has 1 fully saturated rings. The Morgan fingerprint density at radius 2 is 1.54 bits per heavy atom. The molecule has 1 aliphatic rings. The Hall–Kier alpha value is -1.91. The van der Waals surface area contributed by atoms with Crippen molar-refractivity contribution in [2.24, 2.45) is 7.05 Å². The van der Waals surface area contributed by atoms with Gasteiger partial charge < -0.3 is 0 Å². The molecule has 1 aromatic carbocycles. The van der Waals surface area contributed by atoms with Gasteiger partial charge in [-0.15, -0.1) is 0 Å². The van der Waals surface area contributed by atoms with Gasteiger partial charge in [0.15, 0.2) is 5.82 Å². The monoisotopic (exact) mass is 370 g/mol. The van der Waals surface area contributed by atoms with Crippen LogP contribution in [0.4, 0.5) is 5.82 Å². The SMILES string of the molecule is Cn1ccc(NS(=O)(=O)c2ccc(S(=O)(=O)N3CCCC3)cc2)n1. The predicted molar refractivity (Wildman–Crippen MR) is 88.5 cm³/mol. The number of nitrogens with zero attached hydrogens (tertiary/aromatic N) is 3. The first-order valence-corrected chi connectivity index (χ1v) is 10.3. The third-order valence-corrected chi connectivity index (χ3v) is 7.07. The lowest BCUT2D eigenvalue weighted by molar-refractivity contribution is 0.477. The molecule has 1 N–H and O–H groups in total. The quantitative estimate of drug-likeness (QED) is 0.846. The first kappa shape index (κ1) is 16.9. The molecular formula is C14H18N4O4S2. The minimum atomic E-state index is -3.82. The number of benzene rings is 1. The van der Waals surface area contributed by atoms with Gasteiger partial charge >= 0.3 is 0 Å². The molecule has 1 aromatic heterocycles. The molecule has 0 spiro atoms. The summed E-state index contributed by atoms with van der Waals surface area (Å²) in [5.41, 5.74) is 0. The summed E-state index contributed by atoms with van der Waals surface area (Å²) in [5, 5.41) is 3.95. The number of sulfonamides is 2. The van der Waals surface area contributed by atoms with E-state index in [2.05, 4.69) is 9.82 Å². The molecule has 0 amide bonds. The van der Waals surface area contributed by atoms with E-state index >= 15 is 0 Å². The molecule has 10 heteroatoms. The van der Waals surface area contributed by atoms with Crippen molar-refractivity contribution in [3.8, 4) is 0 Å². The van der Waals surface area contributed by atoms with E-state index in [1.165, 1.54) is 39.3 Å². The summed E-state index contributed by atoms with van der Waals surface area (Å²) in [7, 11) is -5.69. The molecule has 130 valence electrons. The van der Waals surface area contributed by atoms with Crippen LogP contribution >= 0.6 is 0 Å². The van der Waals surface area contributed by atoms with Gasteiger partial charge in [-0.1, -0.05) is 0 Å².